The molecular formula is C67H122N2O7P+. The highest BCUT2D eigenvalue weighted by molar-refractivity contribution is 7.47. The molecule has 0 saturated carbocycles. The Morgan fingerprint density at radius 1 is 0.468 bits per heavy atom. The molecular weight excluding hydrogens is 976 g/mol. The standard InChI is InChI=1S/C67H121N2O7P/c1-7-10-13-16-19-22-25-28-30-32-33-34-35-36-37-38-40-42-45-48-51-54-57-60-67(71)76-65(58-55-52-49-46-43-27-24-21-18-15-12-9-3)64(63-75-77(72,73)74-62-61-69(4,5)6)68-66(70)59-56-53-50-47-44-41-39-31-29-26-23-20-17-14-11-8-2/h10,13,19,22,28,30-31,33-34,36-37,39,55,58,64-65H,7-9,11-12,14-18,20-21,23-27,29,32,35,38,40-54,56-57,59-63H2,1-6H3,(H-,68,70,72,73)/p+1/b13-10-,22-19-,30-28-,34-33-,37-36-,39-31+,58-55-. The number of amides is 1. The molecule has 0 bridgehead atoms. The third kappa shape index (κ3) is 57.7. The Kier molecular flexibility index (Phi) is 54.4. The number of likely N-dealkylation sites (N-methyl/N-ethyl adjacent to an activating group) is 1. The average molecular weight is 1100 g/mol. The monoisotopic (exact) mass is 1100 g/mol. The number of rotatable bonds is 57. The van der Waals surface area contributed by atoms with E-state index in [0.717, 1.165) is 122 Å². The third-order valence-corrected chi connectivity index (χ3v) is 14.8. The molecule has 1 amide bonds. The van der Waals surface area contributed by atoms with Gasteiger partial charge in [-0.1, -0.05) is 247 Å². The highest BCUT2D eigenvalue weighted by atomic mass is 31.2. The van der Waals surface area contributed by atoms with Gasteiger partial charge in [-0.15, -0.1) is 0 Å². The van der Waals surface area contributed by atoms with E-state index in [-0.39, 0.29) is 31.5 Å². The van der Waals surface area contributed by atoms with Crippen molar-refractivity contribution in [2.24, 2.45) is 0 Å². The highest BCUT2D eigenvalue weighted by Gasteiger charge is 2.30. The fraction of sp³-hybridized carbons (Fsp3) is 0.761. The number of ether oxygens (including phenoxy) is 1. The van der Waals surface area contributed by atoms with Crippen LogP contribution in [0.25, 0.3) is 0 Å². The van der Waals surface area contributed by atoms with Gasteiger partial charge in [0.05, 0.1) is 33.8 Å². The summed E-state index contributed by atoms with van der Waals surface area (Å²) in [5.41, 5.74) is 0. The Bertz CT molecular complexity index is 1590. The normalized spacial score (nSPS) is 14.2. The van der Waals surface area contributed by atoms with Gasteiger partial charge in [0.1, 0.15) is 19.3 Å². The number of carbonyl (C=O) groups is 2. The van der Waals surface area contributed by atoms with Crippen molar-refractivity contribution >= 4 is 19.7 Å². The number of allylic oxidation sites excluding steroid dienone is 13. The molecule has 0 radical (unpaired) electrons. The lowest BCUT2D eigenvalue weighted by Gasteiger charge is -2.27. The van der Waals surface area contributed by atoms with Crippen LogP contribution < -0.4 is 5.32 Å². The first-order valence-corrected chi connectivity index (χ1v) is 33.4. The minimum Gasteiger partial charge on any atom is -0.456 e. The van der Waals surface area contributed by atoms with Gasteiger partial charge in [-0.2, -0.15) is 0 Å². The number of hydrogen-bond acceptors (Lipinski definition) is 6. The molecule has 10 heteroatoms. The van der Waals surface area contributed by atoms with Gasteiger partial charge in [-0.3, -0.25) is 18.6 Å². The molecule has 0 spiro atoms. The second kappa shape index (κ2) is 56.5. The molecule has 77 heavy (non-hydrogen) atoms. The van der Waals surface area contributed by atoms with Crippen molar-refractivity contribution < 1.29 is 37.3 Å². The first-order valence-electron chi connectivity index (χ1n) is 31.9. The Hall–Kier alpha value is -2.81. The van der Waals surface area contributed by atoms with Crippen molar-refractivity contribution in [1.29, 1.82) is 0 Å². The minimum absolute atomic E-state index is 0.0339. The van der Waals surface area contributed by atoms with E-state index in [2.05, 4.69) is 99.0 Å². The van der Waals surface area contributed by atoms with Crippen molar-refractivity contribution in [3.05, 3.63) is 85.1 Å². The van der Waals surface area contributed by atoms with Gasteiger partial charge in [0, 0.05) is 12.8 Å². The largest absolute Gasteiger partial charge is 0.472 e. The molecule has 3 unspecified atom stereocenters. The third-order valence-electron chi connectivity index (χ3n) is 13.8. The van der Waals surface area contributed by atoms with Crippen LogP contribution in [-0.4, -0.2) is 74.3 Å². The second-order valence-electron chi connectivity index (χ2n) is 22.5. The van der Waals surface area contributed by atoms with Gasteiger partial charge in [0.25, 0.3) is 0 Å². The van der Waals surface area contributed by atoms with Gasteiger partial charge < -0.3 is 19.4 Å². The van der Waals surface area contributed by atoms with Crippen LogP contribution in [0.3, 0.4) is 0 Å². The van der Waals surface area contributed by atoms with E-state index in [1.54, 1.807) is 0 Å². The van der Waals surface area contributed by atoms with Gasteiger partial charge in [0.15, 0.2) is 0 Å². The number of quaternary nitrogens is 1. The summed E-state index contributed by atoms with van der Waals surface area (Å²) in [6.45, 7) is 6.89. The molecule has 0 fully saturated rings. The van der Waals surface area contributed by atoms with E-state index < -0.39 is 20.0 Å². The minimum atomic E-state index is -4.46. The van der Waals surface area contributed by atoms with Crippen LogP contribution in [0.5, 0.6) is 0 Å². The van der Waals surface area contributed by atoms with Crippen LogP contribution in [0.15, 0.2) is 85.1 Å². The summed E-state index contributed by atoms with van der Waals surface area (Å²) < 4.78 is 30.7. The van der Waals surface area contributed by atoms with E-state index in [4.69, 9.17) is 13.8 Å². The second-order valence-corrected chi connectivity index (χ2v) is 24.0. The van der Waals surface area contributed by atoms with E-state index in [1.807, 2.05) is 33.3 Å². The van der Waals surface area contributed by atoms with Gasteiger partial charge in [-0.25, -0.2) is 4.57 Å². The quantitative estimate of drug-likeness (QED) is 0.0205. The Balaban J connectivity index is 5.24. The predicted molar refractivity (Wildman–Crippen MR) is 332 cm³/mol. The summed E-state index contributed by atoms with van der Waals surface area (Å²) in [5, 5.41) is 3.05. The van der Waals surface area contributed by atoms with E-state index in [9.17, 15) is 19.0 Å². The summed E-state index contributed by atoms with van der Waals surface area (Å²) in [5.74, 6) is -0.526. The smallest absolute Gasteiger partial charge is 0.456 e. The molecule has 0 saturated heterocycles. The molecule has 446 valence electrons. The molecule has 0 aromatic rings. The number of phosphoric acid groups is 1. The number of carbonyl (C=O) groups excluding carboxylic acids is 2. The first-order chi connectivity index (χ1) is 37.4. The van der Waals surface area contributed by atoms with Crippen LogP contribution in [0.4, 0.5) is 0 Å². The van der Waals surface area contributed by atoms with Crippen LogP contribution >= 0.6 is 7.82 Å². The van der Waals surface area contributed by atoms with E-state index >= 15 is 0 Å². The molecule has 0 heterocycles. The van der Waals surface area contributed by atoms with Crippen LogP contribution in [0, 0.1) is 0 Å². The van der Waals surface area contributed by atoms with Crippen molar-refractivity contribution in [1.82, 2.24) is 5.32 Å². The number of nitrogens with zero attached hydrogens (tertiary/aromatic N) is 1. The molecule has 3 atom stereocenters. The van der Waals surface area contributed by atoms with Gasteiger partial charge >= 0.3 is 13.8 Å². The number of esters is 1. The molecule has 0 aromatic heterocycles. The maximum absolute atomic E-state index is 13.5. The van der Waals surface area contributed by atoms with E-state index in [1.165, 1.54) is 122 Å². The predicted octanol–water partition coefficient (Wildman–Crippen LogP) is 19.8. The molecule has 0 aliphatic carbocycles. The molecule has 2 N–H and O–H groups in total. The van der Waals surface area contributed by atoms with Crippen LogP contribution in [-0.2, 0) is 27.9 Å². The lowest BCUT2D eigenvalue weighted by Crippen LogP contribution is -2.47. The summed E-state index contributed by atoms with van der Waals surface area (Å²) in [7, 11) is 1.48. The molecule has 0 rings (SSSR count). The highest BCUT2D eigenvalue weighted by Crippen LogP contribution is 2.43. The zero-order valence-electron chi connectivity index (χ0n) is 50.9. The van der Waals surface area contributed by atoms with Crippen LogP contribution in [0.2, 0.25) is 0 Å². The number of unbranched alkanes of at least 4 members (excludes halogenated alkanes) is 29. The molecule has 9 nitrogen and oxygen atoms in total. The lowest BCUT2D eigenvalue weighted by atomic mass is 10.0. The van der Waals surface area contributed by atoms with Crippen molar-refractivity contribution in [3.8, 4) is 0 Å². The average Bonchev–Trinajstić information content (AvgIpc) is 3.39. The van der Waals surface area contributed by atoms with Crippen molar-refractivity contribution in [2.75, 3.05) is 40.9 Å². The molecule has 0 aliphatic heterocycles. The zero-order valence-corrected chi connectivity index (χ0v) is 51.8. The van der Waals surface area contributed by atoms with Crippen molar-refractivity contribution in [2.45, 2.75) is 290 Å². The maximum Gasteiger partial charge on any atom is 0.472 e. The summed E-state index contributed by atoms with van der Waals surface area (Å²) in [6, 6.07) is -0.861. The van der Waals surface area contributed by atoms with Crippen molar-refractivity contribution in [3.63, 3.8) is 0 Å². The zero-order chi connectivity index (χ0) is 56.4. The van der Waals surface area contributed by atoms with Crippen LogP contribution in [0.1, 0.15) is 278 Å². The lowest BCUT2D eigenvalue weighted by molar-refractivity contribution is -0.870. The topological polar surface area (TPSA) is 111 Å². The number of hydrogen-bond donors (Lipinski definition) is 2. The fourth-order valence-corrected chi connectivity index (χ4v) is 9.64. The summed E-state index contributed by atoms with van der Waals surface area (Å²) in [6.07, 6.45) is 74.3. The van der Waals surface area contributed by atoms with E-state index in [0.29, 0.717) is 17.4 Å². The Morgan fingerprint density at radius 2 is 0.831 bits per heavy atom. The molecule has 0 aliphatic rings. The number of phosphoric ester groups is 1. The number of nitrogens with one attached hydrogen (secondary N) is 1. The SMILES string of the molecule is CC/C=C\C/C=C\C/C=C\C/C=C\C/C=C\CCCCCCCCCC(=O)OC(/C=C\CCCCCCCCCCCC)C(COP(=O)(O)OCC[N+](C)(C)C)NC(=O)CCCCCCC/C=C/CCCCCCCCC. The van der Waals surface area contributed by atoms with Gasteiger partial charge in [-0.05, 0) is 102 Å². The Labute approximate surface area is 476 Å². The summed E-state index contributed by atoms with van der Waals surface area (Å²) in [4.78, 5) is 37.7. The Morgan fingerprint density at radius 3 is 1.26 bits per heavy atom. The first kappa shape index (κ1) is 74.2. The maximum atomic E-state index is 13.5. The molecule has 0 aromatic carbocycles. The van der Waals surface area contributed by atoms with Gasteiger partial charge in [0.2, 0.25) is 5.91 Å². The fourth-order valence-electron chi connectivity index (χ4n) is 8.90. The summed E-state index contributed by atoms with van der Waals surface area (Å²) >= 11 is 0.